The molecule has 8 heteroatoms. The maximum Gasteiger partial charge on any atom is 0.330 e. The van der Waals surface area contributed by atoms with Crippen molar-refractivity contribution in [3.05, 3.63) is 71.2 Å². The zero-order valence-electron chi connectivity index (χ0n) is 11.8. The first-order chi connectivity index (χ1) is 11.0. The summed E-state index contributed by atoms with van der Waals surface area (Å²) in [6, 6.07) is 14.0. The van der Waals surface area contributed by atoms with Crippen molar-refractivity contribution < 1.29 is 18.3 Å². The summed E-state index contributed by atoms with van der Waals surface area (Å²) in [5.41, 5.74) is 1.18. The Morgan fingerprint density at radius 3 is 2.57 bits per heavy atom. The fourth-order valence-corrected chi connectivity index (χ4v) is 3.33. The molecule has 120 valence electrons. The van der Waals surface area contributed by atoms with Gasteiger partial charge in [0.1, 0.15) is 18.0 Å². The minimum Gasteiger partial charge on any atom is -0.493 e. The summed E-state index contributed by atoms with van der Waals surface area (Å²) in [6.45, 7) is 0.255. The Kier molecular flexibility index (Phi) is 4.06. The fourth-order valence-electron chi connectivity index (χ4n) is 2.11. The predicted octanol–water partition coefficient (Wildman–Crippen LogP) is 2.93. The van der Waals surface area contributed by atoms with Gasteiger partial charge in [0, 0.05) is 11.1 Å². The van der Waals surface area contributed by atoms with Crippen molar-refractivity contribution in [2.24, 2.45) is 0 Å². The molecule has 0 amide bonds. The molecule has 2 N–H and O–H groups in total. The highest BCUT2D eigenvalue weighted by Crippen LogP contribution is 2.35. The zero-order chi connectivity index (χ0) is 16.4. The Bertz CT molecular complexity index is 853. The number of hydrogen-bond acceptors (Lipinski definition) is 4. The number of halogens is 1. The third-order valence-corrected chi connectivity index (χ3v) is 4.65. The standard InChI is InChI=1S/C15H13ClN2O4S/c16-12-6-7-13(18-9-15(19)17-23(18,20)21)14(8-12)22-10-11-4-2-1-3-5-11/h1-9,17,19H,10H2. The zero-order valence-corrected chi connectivity index (χ0v) is 13.4. The minimum atomic E-state index is -3.89. The number of aliphatic hydroxyl groups excluding tert-OH is 1. The van der Waals surface area contributed by atoms with Crippen LogP contribution in [0.25, 0.3) is 0 Å². The van der Waals surface area contributed by atoms with Crippen LogP contribution in [0.3, 0.4) is 0 Å². The number of hydrogen-bond donors (Lipinski definition) is 2. The van der Waals surface area contributed by atoms with Crippen molar-refractivity contribution >= 4 is 27.5 Å². The molecular weight excluding hydrogens is 340 g/mol. The van der Waals surface area contributed by atoms with Crippen LogP contribution in [0, 0.1) is 0 Å². The van der Waals surface area contributed by atoms with E-state index in [1.165, 1.54) is 12.1 Å². The van der Waals surface area contributed by atoms with E-state index in [2.05, 4.69) is 0 Å². The summed E-state index contributed by atoms with van der Waals surface area (Å²) >= 11 is 5.98. The molecule has 0 aromatic heterocycles. The number of aliphatic hydroxyl groups is 1. The lowest BCUT2D eigenvalue weighted by molar-refractivity contribution is 0.307. The first-order valence-corrected chi connectivity index (χ1v) is 8.47. The normalized spacial score (nSPS) is 15.9. The Morgan fingerprint density at radius 1 is 1.17 bits per heavy atom. The molecule has 2 aromatic rings. The van der Waals surface area contributed by atoms with Gasteiger partial charge in [-0.1, -0.05) is 41.9 Å². The monoisotopic (exact) mass is 352 g/mol. The van der Waals surface area contributed by atoms with Gasteiger partial charge < -0.3 is 9.84 Å². The van der Waals surface area contributed by atoms with Crippen LogP contribution in [0.2, 0.25) is 5.02 Å². The van der Waals surface area contributed by atoms with Gasteiger partial charge in [0.15, 0.2) is 0 Å². The number of rotatable bonds is 4. The highest BCUT2D eigenvalue weighted by atomic mass is 35.5. The van der Waals surface area contributed by atoms with Crippen LogP contribution in [-0.2, 0) is 16.8 Å². The van der Waals surface area contributed by atoms with Crippen molar-refractivity contribution in [2.75, 3.05) is 4.31 Å². The van der Waals surface area contributed by atoms with E-state index in [0.29, 0.717) is 5.02 Å². The molecule has 0 saturated heterocycles. The molecule has 1 aliphatic heterocycles. The largest absolute Gasteiger partial charge is 0.493 e. The molecule has 0 unspecified atom stereocenters. The lowest BCUT2D eigenvalue weighted by Crippen LogP contribution is -2.29. The average Bonchev–Trinajstić information content (AvgIpc) is 2.79. The average molecular weight is 353 g/mol. The van der Waals surface area contributed by atoms with Gasteiger partial charge in [-0.2, -0.15) is 8.42 Å². The summed E-state index contributed by atoms with van der Waals surface area (Å²) in [4.78, 5) is 0. The molecular formula is C15H13ClN2O4S. The van der Waals surface area contributed by atoms with Gasteiger partial charge >= 0.3 is 10.2 Å². The molecule has 0 saturated carbocycles. The second-order valence-electron chi connectivity index (χ2n) is 4.80. The van der Waals surface area contributed by atoms with Crippen LogP contribution in [0.1, 0.15) is 5.56 Å². The molecule has 0 radical (unpaired) electrons. The topological polar surface area (TPSA) is 78.9 Å². The van der Waals surface area contributed by atoms with Crippen LogP contribution in [0.4, 0.5) is 5.69 Å². The van der Waals surface area contributed by atoms with E-state index in [9.17, 15) is 13.5 Å². The molecule has 0 fully saturated rings. The molecule has 0 spiro atoms. The van der Waals surface area contributed by atoms with Crippen molar-refractivity contribution in [2.45, 2.75) is 6.61 Å². The molecule has 0 bridgehead atoms. The van der Waals surface area contributed by atoms with Crippen molar-refractivity contribution in [1.82, 2.24) is 4.72 Å². The van der Waals surface area contributed by atoms with Gasteiger partial charge in [-0.15, -0.1) is 0 Å². The molecule has 0 atom stereocenters. The second kappa shape index (κ2) is 6.02. The Labute approximate surface area is 138 Å². The van der Waals surface area contributed by atoms with Gasteiger partial charge in [0.25, 0.3) is 0 Å². The molecule has 1 heterocycles. The first kappa shape index (κ1) is 15.5. The van der Waals surface area contributed by atoms with Crippen molar-refractivity contribution in [3.8, 4) is 5.75 Å². The number of nitrogens with zero attached hydrogens (tertiary/aromatic N) is 1. The molecule has 0 aliphatic carbocycles. The third kappa shape index (κ3) is 3.35. The lowest BCUT2D eigenvalue weighted by atomic mass is 10.2. The van der Waals surface area contributed by atoms with Crippen LogP contribution in [-0.4, -0.2) is 13.5 Å². The predicted molar refractivity (Wildman–Crippen MR) is 87.5 cm³/mol. The Morgan fingerprint density at radius 2 is 1.91 bits per heavy atom. The van der Waals surface area contributed by atoms with E-state index in [-0.39, 0.29) is 18.0 Å². The van der Waals surface area contributed by atoms with E-state index >= 15 is 0 Å². The van der Waals surface area contributed by atoms with Gasteiger partial charge in [-0.25, -0.2) is 9.03 Å². The molecule has 6 nitrogen and oxygen atoms in total. The summed E-state index contributed by atoms with van der Waals surface area (Å²) in [5, 5.41) is 9.82. The summed E-state index contributed by atoms with van der Waals surface area (Å²) in [7, 11) is -3.89. The third-order valence-electron chi connectivity index (χ3n) is 3.13. The second-order valence-corrected chi connectivity index (χ2v) is 6.79. The fraction of sp³-hybridized carbons (Fsp3) is 0.0667. The van der Waals surface area contributed by atoms with Crippen LogP contribution < -0.4 is 13.8 Å². The maximum atomic E-state index is 12.0. The van der Waals surface area contributed by atoms with E-state index in [0.717, 1.165) is 16.1 Å². The van der Waals surface area contributed by atoms with Gasteiger partial charge in [0.2, 0.25) is 5.88 Å². The Hall–Kier alpha value is -2.38. The lowest BCUT2D eigenvalue weighted by Gasteiger charge is -2.18. The van der Waals surface area contributed by atoms with E-state index in [4.69, 9.17) is 16.3 Å². The molecule has 23 heavy (non-hydrogen) atoms. The van der Waals surface area contributed by atoms with E-state index in [1.54, 1.807) is 6.07 Å². The summed E-state index contributed by atoms with van der Waals surface area (Å²) < 4.78 is 32.6. The van der Waals surface area contributed by atoms with Crippen LogP contribution in [0.5, 0.6) is 5.75 Å². The summed E-state index contributed by atoms with van der Waals surface area (Å²) in [5.74, 6) is -0.174. The quantitative estimate of drug-likeness (QED) is 0.886. The van der Waals surface area contributed by atoms with Crippen LogP contribution in [0.15, 0.2) is 60.6 Å². The molecule has 3 rings (SSSR count). The number of ether oxygens (including phenoxy) is 1. The maximum absolute atomic E-state index is 12.0. The number of anilines is 1. The van der Waals surface area contributed by atoms with Gasteiger partial charge in [0.05, 0.1) is 6.20 Å². The van der Waals surface area contributed by atoms with Crippen LogP contribution >= 0.6 is 11.6 Å². The molecule has 2 aromatic carbocycles. The first-order valence-electron chi connectivity index (χ1n) is 6.65. The Balaban J connectivity index is 1.92. The van der Waals surface area contributed by atoms with Gasteiger partial charge in [-0.3, -0.25) is 0 Å². The van der Waals surface area contributed by atoms with Crippen molar-refractivity contribution in [1.29, 1.82) is 0 Å². The smallest absolute Gasteiger partial charge is 0.330 e. The highest BCUT2D eigenvalue weighted by molar-refractivity contribution is 7.91. The molecule has 1 aliphatic rings. The minimum absolute atomic E-state index is 0.252. The number of nitrogens with one attached hydrogen (secondary N) is 1. The van der Waals surface area contributed by atoms with Gasteiger partial charge in [-0.05, 0) is 17.7 Å². The van der Waals surface area contributed by atoms with E-state index < -0.39 is 16.1 Å². The highest BCUT2D eigenvalue weighted by Gasteiger charge is 2.30. The van der Waals surface area contributed by atoms with Crippen molar-refractivity contribution in [3.63, 3.8) is 0 Å². The number of benzene rings is 2. The SMILES string of the molecule is O=S1(=O)NC(O)=CN1c1ccc(Cl)cc1OCc1ccccc1. The summed E-state index contributed by atoms with van der Waals surface area (Å²) in [6.07, 6.45) is 1.06. The van der Waals surface area contributed by atoms with E-state index in [1.807, 2.05) is 35.1 Å².